The average molecular weight is 432 g/mol. The van der Waals surface area contributed by atoms with Crippen LogP contribution in [-0.2, 0) is 12.1 Å². The van der Waals surface area contributed by atoms with E-state index in [0.29, 0.717) is 6.54 Å². The lowest BCUT2D eigenvalue weighted by Gasteiger charge is -2.24. The smallest absolute Gasteiger partial charge is 0.316 e. The quantitative estimate of drug-likeness (QED) is 0.563. The first-order chi connectivity index (χ1) is 15.2. The number of para-hydroxylation sites is 1. The van der Waals surface area contributed by atoms with E-state index in [1.807, 2.05) is 66.4 Å². The molecule has 2 heterocycles. The Hall–Kier alpha value is -2.76. The normalized spacial score (nSPS) is 20.6. The van der Waals surface area contributed by atoms with E-state index >= 15 is 0 Å². The number of hydrogen-bond acceptors (Lipinski definition) is 4. The van der Waals surface area contributed by atoms with Crippen molar-refractivity contribution >= 4 is 22.6 Å². The molecule has 0 aromatic heterocycles. The predicted molar refractivity (Wildman–Crippen MR) is 127 cm³/mol. The summed E-state index contributed by atoms with van der Waals surface area (Å²) in [6.07, 6.45) is 2.09. The minimum Gasteiger partial charge on any atom is -0.457 e. The van der Waals surface area contributed by atoms with Crippen molar-refractivity contribution in [2.45, 2.75) is 25.5 Å². The monoisotopic (exact) mass is 431 g/mol. The number of β-amino-alcohol motifs (C(OH)–C–C–N with tert-alkyl or cyclic N) is 1. The summed E-state index contributed by atoms with van der Waals surface area (Å²) in [6.45, 7) is 3.53. The summed E-state index contributed by atoms with van der Waals surface area (Å²) < 4.78 is 8.10. The van der Waals surface area contributed by atoms with Crippen LogP contribution in [0.5, 0.6) is 11.5 Å². The molecule has 2 aliphatic rings. The Kier molecular flexibility index (Phi) is 5.47. The minimum atomic E-state index is -1.06. The van der Waals surface area contributed by atoms with Gasteiger partial charge in [0.05, 0.1) is 6.54 Å². The molecule has 1 N–H and O–H groups in total. The van der Waals surface area contributed by atoms with Crippen molar-refractivity contribution < 1.29 is 14.4 Å². The van der Waals surface area contributed by atoms with E-state index < -0.39 is 5.72 Å². The summed E-state index contributed by atoms with van der Waals surface area (Å²) in [4.78, 5) is 2.26. The zero-order valence-corrected chi connectivity index (χ0v) is 18.5. The van der Waals surface area contributed by atoms with Crippen LogP contribution in [0.25, 0.3) is 0 Å². The van der Waals surface area contributed by atoms with E-state index in [2.05, 4.69) is 40.7 Å². The molecule has 5 rings (SSSR count). The van der Waals surface area contributed by atoms with E-state index in [0.717, 1.165) is 53.1 Å². The third-order valence-electron chi connectivity index (χ3n) is 6.00. The second-order valence-electron chi connectivity index (χ2n) is 8.00. The fourth-order valence-corrected chi connectivity index (χ4v) is 5.45. The first kappa shape index (κ1) is 20.2. The maximum Gasteiger partial charge on any atom is 0.316 e. The van der Waals surface area contributed by atoms with E-state index in [-0.39, 0.29) is 0 Å². The van der Waals surface area contributed by atoms with Crippen LogP contribution in [0.1, 0.15) is 24.5 Å². The van der Waals surface area contributed by atoms with Crippen molar-refractivity contribution in [2.24, 2.45) is 0 Å². The first-order valence-corrected chi connectivity index (χ1v) is 11.9. The van der Waals surface area contributed by atoms with Gasteiger partial charge in [-0.1, -0.05) is 37.3 Å². The molecular weight excluding hydrogens is 404 g/mol. The van der Waals surface area contributed by atoms with Crippen molar-refractivity contribution in [3.05, 3.63) is 90.0 Å². The maximum absolute atomic E-state index is 11.9. The van der Waals surface area contributed by atoms with Crippen LogP contribution < -0.4 is 9.64 Å². The second kappa shape index (κ2) is 8.40. The van der Waals surface area contributed by atoms with Gasteiger partial charge >= 0.3 is 5.17 Å². The highest BCUT2D eigenvalue weighted by Crippen LogP contribution is 2.38. The van der Waals surface area contributed by atoms with E-state index in [1.165, 1.54) is 5.56 Å². The summed E-state index contributed by atoms with van der Waals surface area (Å²) >= 11 is 1.83. The van der Waals surface area contributed by atoms with Crippen LogP contribution in [0.3, 0.4) is 0 Å². The summed E-state index contributed by atoms with van der Waals surface area (Å²) in [5.41, 5.74) is 2.29. The van der Waals surface area contributed by atoms with Gasteiger partial charge in [-0.3, -0.25) is 0 Å². The average Bonchev–Trinajstić information content (AvgIpc) is 3.14. The number of hydrogen-bond donors (Lipinski definition) is 1. The number of anilines is 1. The molecule has 4 nitrogen and oxygen atoms in total. The van der Waals surface area contributed by atoms with Gasteiger partial charge in [-0.2, -0.15) is 0 Å². The number of aliphatic hydroxyl groups is 1. The highest BCUT2D eigenvalue weighted by atomic mass is 32.2. The Morgan fingerprint density at radius 1 is 0.968 bits per heavy atom. The topological polar surface area (TPSA) is 35.7 Å². The van der Waals surface area contributed by atoms with Gasteiger partial charge < -0.3 is 9.84 Å². The molecule has 0 aliphatic carbocycles. The molecule has 31 heavy (non-hydrogen) atoms. The summed E-state index contributed by atoms with van der Waals surface area (Å²) in [5, 5.41) is 13.0. The van der Waals surface area contributed by atoms with Crippen molar-refractivity contribution in [3.63, 3.8) is 0 Å². The highest BCUT2D eigenvalue weighted by Gasteiger charge is 2.53. The number of thioether (sulfide) groups is 1. The van der Waals surface area contributed by atoms with E-state index in [1.54, 1.807) is 0 Å². The Labute approximate surface area is 187 Å². The number of aryl methyl sites for hydroxylation is 1. The molecule has 0 saturated heterocycles. The lowest BCUT2D eigenvalue weighted by Crippen LogP contribution is -2.41. The lowest BCUT2D eigenvalue weighted by atomic mass is 10.0. The molecule has 2 aliphatic heterocycles. The standard InChI is InChI=1S/C26H27N2O2S/c1-2-20-9-13-22(14-10-20)27-19-26(29,28-17-6-18-31-25(27)28)21-11-15-24(16-12-21)30-23-7-4-3-5-8-23/h3-5,7-16,29H,2,6,17-19H2,1H3/q+1. The van der Waals surface area contributed by atoms with Crippen LogP contribution in [0.4, 0.5) is 5.69 Å². The van der Waals surface area contributed by atoms with Gasteiger partial charge in [0.1, 0.15) is 17.2 Å². The second-order valence-corrected chi connectivity index (χ2v) is 9.06. The number of nitrogens with zero attached hydrogens (tertiary/aromatic N) is 2. The molecule has 0 bridgehead atoms. The molecule has 1 atom stereocenters. The third kappa shape index (κ3) is 3.84. The number of benzene rings is 3. The minimum absolute atomic E-state index is 0.514. The van der Waals surface area contributed by atoms with Gasteiger partial charge in [0, 0.05) is 11.3 Å². The molecule has 1 unspecified atom stereocenters. The van der Waals surface area contributed by atoms with Crippen LogP contribution in [0.2, 0.25) is 0 Å². The highest BCUT2D eigenvalue weighted by molar-refractivity contribution is 8.13. The van der Waals surface area contributed by atoms with Gasteiger partial charge in [0.25, 0.3) is 5.72 Å². The van der Waals surface area contributed by atoms with Gasteiger partial charge in [0.15, 0.2) is 6.54 Å². The number of amidine groups is 1. The molecule has 3 aromatic rings. The molecule has 0 amide bonds. The van der Waals surface area contributed by atoms with Crippen LogP contribution in [0, 0.1) is 0 Å². The summed E-state index contributed by atoms with van der Waals surface area (Å²) in [6, 6.07) is 26.3. The fraction of sp³-hybridized carbons (Fsp3) is 0.269. The van der Waals surface area contributed by atoms with Gasteiger partial charge in [-0.15, -0.1) is 0 Å². The van der Waals surface area contributed by atoms with Crippen molar-refractivity contribution in [2.75, 3.05) is 23.7 Å². The Bertz CT molecular complexity index is 1080. The van der Waals surface area contributed by atoms with Crippen LogP contribution >= 0.6 is 11.8 Å². The zero-order valence-electron chi connectivity index (χ0n) is 17.7. The van der Waals surface area contributed by atoms with Crippen molar-refractivity contribution in [1.82, 2.24) is 0 Å². The largest absolute Gasteiger partial charge is 0.457 e. The molecular formula is C26H27N2O2S+. The van der Waals surface area contributed by atoms with E-state index in [4.69, 9.17) is 4.74 Å². The predicted octanol–water partition coefficient (Wildman–Crippen LogP) is 5.21. The molecule has 0 saturated carbocycles. The van der Waals surface area contributed by atoms with Crippen molar-refractivity contribution in [1.29, 1.82) is 0 Å². The summed E-state index contributed by atoms with van der Waals surface area (Å²) in [5.74, 6) is 2.65. The first-order valence-electron chi connectivity index (χ1n) is 10.9. The zero-order chi connectivity index (χ0) is 21.3. The molecule has 0 spiro atoms. The molecule has 3 aromatic carbocycles. The van der Waals surface area contributed by atoms with Crippen molar-refractivity contribution in [3.8, 4) is 11.5 Å². The lowest BCUT2D eigenvalue weighted by molar-refractivity contribution is -0.656. The van der Waals surface area contributed by atoms with Gasteiger partial charge in [-0.25, -0.2) is 9.48 Å². The Morgan fingerprint density at radius 2 is 1.68 bits per heavy atom. The van der Waals surface area contributed by atoms with E-state index in [9.17, 15) is 5.11 Å². The van der Waals surface area contributed by atoms with Crippen LogP contribution in [0.15, 0.2) is 78.9 Å². The Balaban J connectivity index is 1.44. The Morgan fingerprint density at radius 3 is 2.39 bits per heavy atom. The third-order valence-corrected chi connectivity index (χ3v) is 7.19. The van der Waals surface area contributed by atoms with Gasteiger partial charge in [-0.05, 0) is 78.7 Å². The van der Waals surface area contributed by atoms with Gasteiger partial charge in [0.2, 0.25) is 0 Å². The molecule has 158 valence electrons. The van der Waals surface area contributed by atoms with Crippen LogP contribution in [-0.4, -0.2) is 33.7 Å². The fourth-order valence-electron chi connectivity index (χ4n) is 4.27. The SMILES string of the molecule is CCc1ccc(N2CC(O)(c3ccc(Oc4ccccc4)cc3)[N+]3=C2SCCC3)cc1. The molecule has 0 radical (unpaired) electrons. The number of ether oxygens (including phenoxy) is 1. The maximum atomic E-state index is 11.9. The molecule has 5 heteroatoms. The summed E-state index contributed by atoms with van der Waals surface area (Å²) in [7, 11) is 0. The number of rotatable bonds is 5. The molecule has 0 fully saturated rings.